The largest absolute Gasteiger partial charge is 0.0894 e. The van der Waals surface area contributed by atoms with Gasteiger partial charge in [0.2, 0.25) is 0 Å². The molecule has 0 aliphatic rings. The second-order valence-corrected chi connectivity index (χ2v) is 6.31. The highest BCUT2D eigenvalue weighted by atomic mass is 79.9. The van der Waals surface area contributed by atoms with Crippen LogP contribution in [0.25, 0.3) is 0 Å². The van der Waals surface area contributed by atoms with E-state index in [1.165, 1.54) is 70.6 Å². The van der Waals surface area contributed by atoms with Gasteiger partial charge in [-0.05, 0) is 6.42 Å². The van der Waals surface area contributed by atoms with Crippen molar-refractivity contribution in [2.24, 2.45) is 0 Å². The lowest BCUT2D eigenvalue weighted by Gasteiger charge is -2.03. The van der Waals surface area contributed by atoms with Crippen molar-refractivity contribution in [2.45, 2.75) is 89.3 Å². The van der Waals surface area contributed by atoms with Gasteiger partial charge >= 0.3 is 0 Å². The Morgan fingerprint density at radius 2 is 1.13 bits per heavy atom. The lowest BCUT2D eigenvalue weighted by molar-refractivity contribution is 0.550. The van der Waals surface area contributed by atoms with Crippen LogP contribution >= 0.6 is 15.9 Å². The molecule has 1 atom stereocenters. The molecular weight excluding hydrogens is 248 g/mol. The molecule has 0 aliphatic heterocycles. The fraction of sp³-hybridized carbons (Fsp3) is 1.00. The molecule has 0 bridgehead atoms. The highest BCUT2D eigenvalue weighted by molar-refractivity contribution is 9.09. The van der Waals surface area contributed by atoms with E-state index >= 15 is 0 Å². The van der Waals surface area contributed by atoms with Crippen LogP contribution in [0.15, 0.2) is 0 Å². The average Bonchev–Trinajstić information content (AvgIpc) is 2.20. The van der Waals surface area contributed by atoms with Gasteiger partial charge in [0.25, 0.3) is 0 Å². The third-order valence-corrected chi connectivity index (χ3v) is 3.41. The van der Waals surface area contributed by atoms with Crippen LogP contribution in [0, 0.1) is 0 Å². The highest BCUT2D eigenvalue weighted by Crippen LogP contribution is 2.13. The molecule has 0 aromatic rings. The fourth-order valence-electron chi connectivity index (χ4n) is 1.91. The topological polar surface area (TPSA) is 0 Å². The smallest absolute Gasteiger partial charge is 0.0117 e. The zero-order valence-electron chi connectivity index (χ0n) is 10.7. The third kappa shape index (κ3) is 14.5. The molecule has 0 radical (unpaired) electrons. The molecular formula is C14H29Br. The Kier molecular flexibility index (Phi) is 13.0. The first-order valence-corrected chi connectivity index (χ1v) is 7.83. The van der Waals surface area contributed by atoms with Crippen LogP contribution in [0.3, 0.4) is 0 Å². The summed E-state index contributed by atoms with van der Waals surface area (Å²) >= 11 is 3.59. The Morgan fingerprint density at radius 1 is 0.733 bits per heavy atom. The monoisotopic (exact) mass is 276 g/mol. The number of alkyl halides is 1. The summed E-state index contributed by atoms with van der Waals surface area (Å²) in [5.74, 6) is 0. The van der Waals surface area contributed by atoms with E-state index in [1.807, 2.05) is 0 Å². The fourth-order valence-corrected chi connectivity index (χ4v) is 2.24. The van der Waals surface area contributed by atoms with Gasteiger partial charge in [-0.3, -0.25) is 0 Å². The van der Waals surface area contributed by atoms with Gasteiger partial charge in [-0.2, -0.15) is 0 Å². The van der Waals surface area contributed by atoms with Crippen molar-refractivity contribution in [3.8, 4) is 0 Å². The van der Waals surface area contributed by atoms with E-state index in [9.17, 15) is 0 Å². The van der Waals surface area contributed by atoms with Crippen LogP contribution in [0.5, 0.6) is 0 Å². The average molecular weight is 277 g/mol. The van der Waals surface area contributed by atoms with Crippen molar-refractivity contribution in [1.29, 1.82) is 0 Å². The first-order chi connectivity index (χ1) is 7.27. The number of halogens is 1. The molecule has 0 rings (SSSR count). The zero-order valence-corrected chi connectivity index (χ0v) is 12.3. The predicted molar refractivity (Wildman–Crippen MR) is 74.9 cm³/mol. The summed E-state index contributed by atoms with van der Waals surface area (Å²) < 4.78 is 0. The lowest BCUT2D eigenvalue weighted by Crippen LogP contribution is -1.89. The predicted octanol–water partition coefficient (Wildman–Crippen LogP) is 6.08. The summed E-state index contributed by atoms with van der Waals surface area (Å²) in [6.07, 6.45) is 15.8. The van der Waals surface area contributed by atoms with Crippen molar-refractivity contribution in [3.05, 3.63) is 0 Å². The van der Waals surface area contributed by atoms with Crippen LogP contribution in [0.2, 0.25) is 0 Å². The maximum Gasteiger partial charge on any atom is 0.0117 e. The Hall–Kier alpha value is 0.480. The maximum absolute atomic E-state index is 3.59. The molecule has 92 valence electrons. The third-order valence-electron chi connectivity index (χ3n) is 2.96. The molecule has 0 saturated carbocycles. The Morgan fingerprint density at radius 3 is 1.53 bits per heavy atom. The van der Waals surface area contributed by atoms with E-state index in [-0.39, 0.29) is 0 Å². The Balaban J connectivity index is 2.87. The van der Waals surface area contributed by atoms with E-state index in [2.05, 4.69) is 29.8 Å². The molecule has 0 heterocycles. The normalized spacial score (nSPS) is 13.0. The van der Waals surface area contributed by atoms with Crippen molar-refractivity contribution < 1.29 is 0 Å². The first-order valence-electron chi connectivity index (χ1n) is 6.91. The quantitative estimate of drug-likeness (QED) is 0.317. The SMILES string of the molecule is CCCCCCCCCCCCC(C)Br. The zero-order chi connectivity index (χ0) is 11.4. The number of unbranched alkanes of at least 4 members (excludes halogenated alkanes) is 9. The van der Waals surface area contributed by atoms with E-state index in [0.717, 1.165) is 0 Å². The van der Waals surface area contributed by atoms with Gasteiger partial charge in [-0.1, -0.05) is 94.0 Å². The van der Waals surface area contributed by atoms with Gasteiger partial charge < -0.3 is 0 Å². The van der Waals surface area contributed by atoms with Gasteiger partial charge in [0.1, 0.15) is 0 Å². The minimum absolute atomic E-state index is 0.714. The molecule has 0 saturated heterocycles. The molecule has 1 unspecified atom stereocenters. The Bertz CT molecular complexity index is 110. The molecule has 1 heteroatoms. The lowest BCUT2D eigenvalue weighted by atomic mass is 10.1. The second-order valence-electron chi connectivity index (χ2n) is 4.75. The van der Waals surface area contributed by atoms with Crippen LogP contribution in [-0.4, -0.2) is 4.83 Å². The molecule has 0 amide bonds. The first kappa shape index (κ1) is 15.5. The van der Waals surface area contributed by atoms with E-state index < -0.39 is 0 Å². The van der Waals surface area contributed by atoms with E-state index in [4.69, 9.17) is 0 Å². The van der Waals surface area contributed by atoms with Crippen LogP contribution in [0.4, 0.5) is 0 Å². The molecule has 0 aromatic heterocycles. The summed E-state index contributed by atoms with van der Waals surface area (Å²) in [4.78, 5) is 0.714. The molecule has 0 spiro atoms. The number of hydrogen-bond acceptors (Lipinski definition) is 0. The number of rotatable bonds is 11. The molecule has 0 nitrogen and oxygen atoms in total. The summed E-state index contributed by atoms with van der Waals surface area (Å²) in [5.41, 5.74) is 0. The minimum Gasteiger partial charge on any atom is -0.0894 e. The minimum atomic E-state index is 0.714. The van der Waals surface area contributed by atoms with Crippen LogP contribution in [-0.2, 0) is 0 Å². The van der Waals surface area contributed by atoms with Crippen LogP contribution in [0.1, 0.15) is 84.5 Å². The van der Waals surface area contributed by atoms with Gasteiger partial charge in [-0.15, -0.1) is 0 Å². The standard InChI is InChI=1S/C14H29Br/c1-3-4-5-6-7-8-9-10-11-12-13-14(2)15/h14H,3-13H2,1-2H3. The molecule has 0 fully saturated rings. The van der Waals surface area contributed by atoms with Gasteiger partial charge in [0, 0.05) is 4.83 Å². The summed E-state index contributed by atoms with van der Waals surface area (Å²) in [7, 11) is 0. The second kappa shape index (κ2) is 12.5. The van der Waals surface area contributed by atoms with Crippen molar-refractivity contribution in [1.82, 2.24) is 0 Å². The molecule has 0 aliphatic carbocycles. The molecule has 0 aromatic carbocycles. The molecule has 15 heavy (non-hydrogen) atoms. The summed E-state index contributed by atoms with van der Waals surface area (Å²) in [6, 6.07) is 0. The van der Waals surface area contributed by atoms with E-state index in [1.54, 1.807) is 0 Å². The summed E-state index contributed by atoms with van der Waals surface area (Å²) in [6.45, 7) is 4.53. The van der Waals surface area contributed by atoms with Gasteiger partial charge in [-0.25, -0.2) is 0 Å². The highest BCUT2D eigenvalue weighted by Gasteiger charge is 1.95. The van der Waals surface area contributed by atoms with E-state index in [0.29, 0.717) is 4.83 Å². The molecule has 0 N–H and O–H groups in total. The van der Waals surface area contributed by atoms with Crippen molar-refractivity contribution >= 4 is 15.9 Å². The van der Waals surface area contributed by atoms with Gasteiger partial charge in [0.05, 0.1) is 0 Å². The van der Waals surface area contributed by atoms with Crippen LogP contribution < -0.4 is 0 Å². The van der Waals surface area contributed by atoms with Gasteiger partial charge in [0.15, 0.2) is 0 Å². The number of hydrogen-bond donors (Lipinski definition) is 0. The maximum atomic E-state index is 3.59. The van der Waals surface area contributed by atoms with Crippen molar-refractivity contribution in [2.75, 3.05) is 0 Å². The summed E-state index contributed by atoms with van der Waals surface area (Å²) in [5, 5.41) is 0. The van der Waals surface area contributed by atoms with Crippen molar-refractivity contribution in [3.63, 3.8) is 0 Å². The Labute approximate surface area is 105 Å².